The predicted molar refractivity (Wildman–Crippen MR) is 68.7 cm³/mol. The van der Waals surface area contributed by atoms with Gasteiger partial charge in [-0.25, -0.2) is 9.59 Å². The molecule has 1 aromatic carbocycles. The van der Waals surface area contributed by atoms with Gasteiger partial charge in [-0.1, -0.05) is 11.6 Å². The summed E-state index contributed by atoms with van der Waals surface area (Å²) in [7, 11) is 0. The van der Waals surface area contributed by atoms with Crippen LogP contribution in [0.3, 0.4) is 0 Å². The van der Waals surface area contributed by atoms with Crippen LogP contribution in [0, 0.1) is 6.92 Å². The molecule has 3 amide bonds. The highest BCUT2D eigenvalue weighted by Crippen LogP contribution is 2.31. The van der Waals surface area contributed by atoms with Crippen LogP contribution in [0.25, 0.3) is 0 Å². The van der Waals surface area contributed by atoms with Crippen LogP contribution in [0.15, 0.2) is 12.1 Å². The number of halogens is 1. The van der Waals surface area contributed by atoms with E-state index in [0.29, 0.717) is 16.3 Å². The minimum absolute atomic E-state index is 0.0431. The maximum atomic E-state index is 11.7. The molecule has 19 heavy (non-hydrogen) atoms. The highest BCUT2D eigenvalue weighted by Gasteiger charge is 2.27. The summed E-state index contributed by atoms with van der Waals surface area (Å²) in [5, 5.41) is 11.5. The molecule has 2 rings (SSSR count). The van der Waals surface area contributed by atoms with Crippen molar-refractivity contribution < 1.29 is 19.5 Å². The summed E-state index contributed by atoms with van der Waals surface area (Å²) in [6.45, 7) is 1.83. The van der Waals surface area contributed by atoms with Crippen LogP contribution in [0.4, 0.5) is 10.5 Å². The predicted octanol–water partition coefficient (Wildman–Crippen LogP) is 1.79. The Morgan fingerprint density at radius 1 is 1.42 bits per heavy atom. The van der Waals surface area contributed by atoms with Crippen LogP contribution >= 0.6 is 11.6 Å². The van der Waals surface area contributed by atoms with E-state index < -0.39 is 12.0 Å². The number of nitrogens with zero attached hydrogens (tertiary/aromatic N) is 1. The molecule has 6 nitrogen and oxygen atoms in total. The van der Waals surface area contributed by atoms with Gasteiger partial charge in [0.15, 0.2) is 0 Å². The molecule has 2 N–H and O–H groups in total. The Labute approximate surface area is 114 Å². The fourth-order valence-corrected chi connectivity index (χ4v) is 2.08. The zero-order valence-electron chi connectivity index (χ0n) is 10.1. The fourth-order valence-electron chi connectivity index (χ4n) is 1.86. The second kappa shape index (κ2) is 4.89. The molecule has 1 aliphatic heterocycles. The molecule has 100 valence electrons. The molecular weight excluding hydrogens is 272 g/mol. The summed E-state index contributed by atoms with van der Waals surface area (Å²) in [5.74, 6) is -1.46. The van der Waals surface area contributed by atoms with E-state index in [1.54, 1.807) is 6.92 Å². The lowest BCUT2D eigenvalue weighted by atomic mass is 10.1. The van der Waals surface area contributed by atoms with Crippen LogP contribution < -0.4 is 10.2 Å². The first-order valence-electron chi connectivity index (χ1n) is 5.55. The number of carboxylic acid groups (broad SMARTS) is 1. The molecule has 0 radical (unpaired) electrons. The number of aromatic carboxylic acids is 1. The number of hydrogen-bond acceptors (Lipinski definition) is 3. The van der Waals surface area contributed by atoms with E-state index >= 15 is 0 Å². The zero-order valence-corrected chi connectivity index (χ0v) is 10.8. The van der Waals surface area contributed by atoms with E-state index in [2.05, 4.69) is 5.32 Å². The Morgan fingerprint density at radius 2 is 2.11 bits per heavy atom. The van der Waals surface area contributed by atoms with Gasteiger partial charge in [-0.2, -0.15) is 0 Å². The Hall–Kier alpha value is -2.08. The molecular formula is C12H11ClN2O4. The number of nitrogens with one attached hydrogen (secondary N) is 1. The number of amides is 3. The summed E-state index contributed by atoms with van der Waals surface area (Å²) >= 11 is 6.11. The second-order valence-corrected chi connectivity index (χ2v) is 4.56. The molecule has 0 bridgehead atoms. The minimum atomic E-state index is -1.10. The fraction of sp³-hybridized carbons (Fsp3) is 0.250. The van der Waals surface area contributed by atoms with Crippen LogP contribution in [-0.4, -0.2) is 29.6 Å². The van der Waals surface area contributed by atoms with Crippen molar-refractivity contribution >= 4 is 35.2 Å². The van der Waals surface area contributed by atoms with Crippen LogP contribution in [0.1, 0.15) is 22.3 Å². The van der Waals surface area contributed by atoms with Crippen molar-refractivity contribution in [3.8, 4) is 0 Å². The lowest BCUT2D eigenvalue weighted by Gasteiger charge is -2.28. The number of anilines is 1. The monoisotopic (exact) mass is 282 g/mol. The van der Waals surface area contributed by atoms with Gasteiger partial charge in [-0.05, 0) is 24.6 Å². The lowest BCUT2D eigenvalue weighted by Crippen LogP contribution is -2.49. The SMILES string of the molecule is Cc1cc(C(=O)O)cc(N2CCC(=O)NC2=O)c1Cl. The third-order valence-electron chi connectivity index (χ3n) is 2.83. The average molecular weight is 283 g/mol. The van der Waals surface area contributed by atoms with Crippen molar-refractivity contribution in [3.05, 3.63) is 28.3 Å². The number of imide groups is 1. The number of carbonyl (C=O) groups is 3. The number of urea groups is 1. The van der Waals surface area contributed by atoms with Crippen LogP contribution in [-0.2, 0) is 4.79 Å². The van der Waals surface area contributed by atoms with E-state index in [9.17, 15) is 14.4 Å². The number of carboxylic acids is 1. The van der Waals surface area contributed by atoms with Gasteiger partial charge in [-0.15, -0.1) is 0 Å². The van der Waals surface area contributed by atoms with Crippen molar-refractivity contribution in [1.82, 2.24) is 5.32 Å². The highest BCUT2D eigenvalue weighted by atomic mass is 35.5. The average Bonchev–Trinajstić information content (AvgIpc) is 2.33. The summed E-state index contributed by atoms with van der Waals surface area (Å²) in [4.78, 5) is 35.1. The van der Waals surface area contributed by atoms with Crippen molar-refractivity contribution in [3.63, 3.8) is 0 Å². The molecule has 0 atom stereocenters. The third-order valence-corrected chi connectivity index (χ3v) is 3.32. The zero-order chi connectivity index (χ0) is 14.2. The normalized spacial score (nSPS) is 15.4. The summed E-state index contributed by atoms with van der Waals surface area (Å²) in [6.07, 6.45) is 0.151. The largest absolute Gasteiger partial charge is 0.478 e. The molecule has 0 spiro atoms. The van der Waals surface area contributed by atoms with Crippen LogP contribution in [0.5, 0.6) is 0 Å². The quantitative estimate of drug-likeness (QED) is 0.866. The summed E-state index contributed by atoms with van der Waals surface area (Å²) < 4.78 is 0. The Balaban J connectivity index is 2.46. The van der Waals surface area contributed by atoms with E-state index in [1.807, 2.05) is 0 Å². The first-order chi connectivity index (χ1) is 8.90. The number of aryl methyl sites for hydroxylation is 1. The van der Waals surface area contributed by atoms with Gasteiger partial charge in [0.1, 0.15) is 0 Å². The van der Waals surface area contributed by atoms with Gasteiger partial charge in [0.2, 0.25) is 5.91 Å². The van der Waals surface area contributed by atoms with E-state index in [4.69, 9.17) is 16.7 Å². The topological polar surface area (TPSA) is 86.7 Å². The lowest BCUT2D eigenvalue weighted by molar-refractivity contribution is -0.120. The molecule has 7 heteroatoms. The molecule has 0 saturated carbocycles. The Kier molecular flexibility index (Phi) is 3.44. The van der Waals surface area contributed by atoms with Gasteiger partial charge in [0, 0.05) is 13.0 Å². The van der Waals surface area contributed by atoms with Crippen molar-refractivity contribution in [2.45, 2.75) is 13.3 Å². The van der Waals surface area contributed by atoms with Crippen molar-refractivity contribution in [2.24, 2.45) is 0 Å². The molecule has 1 aliphatic rings. The first kappa shape index (κ1) is 13.4. The van der Waals surface area contributed by atoms with Gasteiger partial charge >= 0.3 is 12.0 Å². The molecule has 0 unspecified atom stereocenters. The minimum Gasteiger partial charge on any atom is -0.478 e. The number of benzene rings is 1. The molecule has 1 fully saturated rings. The summed E-state index contributed by atoms with van der Waals surface area (Å²) in [5.41, 5.74) is 0.895. The number of hydrogen-bond donors (Lipinski definition) is 2. The molecule has 1 saturated heterocycles. The number of rotatable bonds is 2. The van der Waals surface area contributed by atoms with E-state index in [1.165, 1.54) is 17.0 Å². The van der Waals surface area contributed by atoms with E-state index in [0.717, 1.165) is 0 Å². The summed E-state index contributed by atoms with van der Waals surface area (Å²) in [6, 6.07) is 2.16. The highest BCUT2D eigenvalue weighted by molar-refractivity contribution is 6.35. The maximum Gasteiger partial charge on any atom is 0.335 e. The Morgan fingerprint density at radius 3 is 2.68 bits per heavy atom. The third kappa shape index (κ3) is 2.53. The standard InChI is InChI=1S/C12H11ClN2O4/c1-6-4-7(11(17)18)5-8(10(6)13)15-3-2-9(16)14-12(15)19/h4-5H,2-3H2,1H3,(H,17,18)(H,14,16,19). The van der Waals surface area contributed by atoms with Gasteiger partial charge in [0.25, 0.3) is 0 Å². The first-order valence-corrected chi connectivity index (χ1v) is 5.92. The second-order valence-electron chi connectivity index (χ2n) is 4.19. The van der Waals surface area contributed by atoms with Crippen molar-refractivity contribution in [2.75, 3.05) is 11.4 Å². The Bertz CT molecular complexity index is 585. The van der Waals surface area contributed by atoms with Gasteiger partial charge in [0.05, 0.1) is 16.3 Å². The smallest absolute Gasteiger partial charge is 0.335 e. The molecule has 1 aromatic rings. The van der Waals surface area contributed by atoms with Crippen molar-refractivity contribution in [1.29, 1.82) is 0 Å². The molecule has 0 aliphatic carbocycles. The molecule has 0 aromatic heterocycles. The molecule has 1 heterocycles. The van der Waals surface area contributed by atoms with Gasteiger partial charge in [-0.3, -0.25) is 15.0 Å². The van der Waals surface area contributed by atoms with Crippen LogP contribution in [0.2, 0.25) is 5.02 Å². The van der Waals surface area contributed by atoms with E-state index in [-0.39, 0.29) is 24.4 Å². The maximum absolute atomic E-state index is 11.7. The van der Waals surface area contributed by atoms with Gasteiger partial charge < -0.3 is 5.11 Å². The number of carbonyl (C=O) groups excluding carboxylic acids is 2.